The van der Waals surface area contributed by atoms with Gasteiger partial charge in [0, 0.05) is 18.2 Å². The maximum absolute atomic E-state index is 12.4. The molecule has 1 aliphatic carbocycles. The van der Waals surface area contributed by atoms with Gasteiger partial charge in [-0.05, 0) is 23.6 Å². The largest absolute Gasteiger partial charge is 0.497 e. The van der Waals surface area contributed by atoms with Gasteiger partial charge in [0.25, 0.3) is 0 Å². The van der Waals surface area contributed by atoms with Gasteiger partial charge in [0.1, 0.15) is 11.5 Å². The Kier molecular flexibility index (Phi) is 2.71. The first-order chi connectivity index (χ1) is 9.41. The fourth-order valence-corrected chi connectivity index (χ4v) is 2.86. The third-order valence-corrected chi connectivity index (χ3v) is 3.77. The summed E-state index contributed by atoms with van der Waals surface area (Å²) >= 11 is 0. The van der Waals surface area contributed by atoms with Crippen LogP contribution in [0.4, 0.5) is 0 Å². The Morgan fingerprint density at radius 1 is 1.15 bits per heavy atom. The van der Waals surface area contributed by atoms with Crippen molar-refractivity contribution in [3.8, 4) is 5.75 Å². The van der Waals surface area contributed by atoms with Crippen LogP contribution < -0.4 is 10.4 Å². The number of carbonyl (C=O) groups is 1. The molecule has 4 nitrogen and oxygen atoms in total. The zero-order valence-corrected chi connectivity index (χ0v) is 11.8. The molecule has 0 N–H and O–H groups in total. The Balaban J connectivity index is 2.34. The second kappa shape index (κ2) is 4.20. The molecule has 0 saturated carbocycles. The molecule has 0 radical (unpaired) electrons. The van der Waals surface area contributed by atoms with Crippen molar-refractivity contribution >= 4 is 16.6 Å². The summed E-state index contributed by atoms with van der Waals surface area (Å²) in [6, 6.07) is 5.14. The maximum atomic E-state index is 12.4. The van der Waals surface area contributed by atoms with Crippen molar-refractivity contribution < 1.29 is 13.9 Å². The first-order valence-corrected chi connectivity index (χ1v) is 6.58. The number of carbonyl (C=O) groups excluding carboxylic acids is 1. The van der Waals surface area contributed by atoms with E-state index in [9.17, 15) is 9.59 Å². The van der Waals surface area contributed by atoms with Crippen LogP contribution in [0.1, 0.15) is 36.4 Å². The number of fused-ring (bicyclic) bond motifs is 3. The molecule has 1 aromatic carbocycles. The van der Waals surface area contributed by atoms with Crippen molar-refractivity contribution in [1.29, 1.82) is 0 Å². The highest BCUT2D eigenvalue weighted by atomic mass is 16.5. The Labute approximate surface area is 116 Å². The molecule has 0 fully saturated rings. The molecule has 104 valence electrons. The normalized spacial score (nSPS) is 17.1. The summed E-state index contributed by atoms with van der Waals surface area (Å²) in [6.45, 7) is 4.01. The predicted molar refractivity (Wildman–Crippen MR) is 75.5 cm³/mol. The lowest BCUT2D eigenvalue weighted by Crippen LogP contribution is -2.28. The van der Waals surface area contributed by atoms with Crippen LogP contribution in [-0.2, 0) is 6.42 Å². The summed E-state index contributed by atoms with van der Waals surface area (Å²) in [5.74, 6) is 1.12. The maximum Gasteiger partial charge on any atom is 0.344 e. The summed E-state index contributed by atoms with van der Waals surface area (Å²) in [5.41, 5.74) is -0.0232. The second-order valence-corrected chi connectivity index (χ2v) is 6.04. The predicted octanol–water partition coefficient (Wildman–Crippen LogP) is 2.96. The van der Waals surface area contributed by atoms with Crippen LogP contribution in [0.5, 0.6) is 5.75 Å². The Morgan fingerprint density at radius 2 is 1.90 bits per heavy atom. The van der Waals surface area contributed by atoms with Crippen molar-refractivity contribution in [3.05, 3.63) is 39.9 Å². The molecule has 1 heterocycles. The smallest absolute Gasteiger partial charge is 0.344 e. The van der Waals surface area contributed by atoms with Gasteiger partial charge < -0.3 is 9.15 Å². The van der Waals surface area contributed by atoms with Gasteiger partial charge in [-0.1, -0.05) is 13.8 Å². The van der Waals surface area contributed by atoms with Gasteiger partial charge in [-0.15, -0.1) is 0 Å². The lowest BCUT2D eigenvalue weighted by molar-refractivity contribution is 0.0900. The number of hydrogen-bond acceptors (Lipinski definition) is 4. The Morgan fingerprint density at radius 3 is 2.60 bits per heavy atom. The summed E-state index contributed by atoms with van der Waals surface area (Å²) < 4.78 is 10.5. The molecule has 1 aliphatic rings. The van der Waals surface area contributed by atoms with Crippen LogP contribution in [0.15, 0.2) is 27.4 Å². The van der Waals surface area contributed by atoms with E-state index >= 15 is 0 Å². The number of ketones is 1. The Hall–Kier alpha value is -2.10. The first kappa shape index (κ1) is 12.9. The molecular formula is C16H16O4. The lowest BCUT2D eigenvalue weighted by atomic mass is 9.75. The van der Waals surface area contributed by atoms with Crippen molar-refractivity contribution in [2.24, 2.45) is 5.41 Å². The van der Waals surface area contributed by atoms with E-state index in [0.29, 0.717) is 40.7 Å². The van der Waals surface area contributed by atoms with Gasteiger partial charge in [0.2, 0.25) is 0 Å². The molecule has 0 amide bonds. The van der Waals surface area contributed by atoms with Gasteiger partial charge in [0.05, 0.1) is 18.1 Å². The molecule has 20 heavy (non-hydrogen) atoms. The van der Waals surface area contributed by atoms with Crippen LogP contribution in [0, 0.1) is 5.41 Å². The quantitative estimate of drug-likeness (QED) is 0.800. The van der Waals surface area contributed by atoms with E-state index in [-0.39, 0.29) is 11.2 Å². The monoisotopic (exact) mass is 272 g/mol. The Bertz CT molecular complexity index is 768. The van der Waals surface area contributed by atoms with Crippen LogP contribution in [0.3, 0.4) is 0 Å². The summed E-state index contributed by atoms with van der Waals surface area (Å²) in [7, 11) is 1.54. The van der Waals surface area contributed by atoms with E-state index in [2.05, 4.69) is 0 Å². The van der Waals surface area contributed by atoms with Crippen molar-refractivity contribution in [2.45, 2.75) is 26.7 Å². The van der Waals surface area contributed by atoms with Gasteiger partial charge in [-0.25, -0.2) is 4.79 Å². The minimum absolute atomic E-state index is 0.0372. The number of methoxy groups -OCH3 is 1. The van der Waals surface area contributed by atoms with Crippen molar-refractivity contribution in [1.82, 2.24) is 0 Å². The number of rotatable bonds is 1. The molecule has 0 bridgehead atoms. The molecule has 4 heteroatoms. The molecular weight excluding hydrogens is 256 g/mol. The summed E-state index contributed by atoms with van der Waals surface area (Å²) in [5, 5.41) is 1.06. The van der Waals surface area contributed by atoms with Gasteiger partial charge >= 0.3 is 5.63 Å². The molecule has 1 aromatic heterocycles. The van der Waals surface area contributed by atoms with Crippen LogP contribution in [0.25, 0.3) is 10.8 Å². The zero-order valence-electron chi connectivity index (χ0n) is 11.8. The van der Waals surface area contributed by atoms with Gasteiger partial charge in [-0.3, -0.25) is 4.79 Å². The fraction of sp³-hybridized carbons (Fsp3) is 0.375. The third-order valence-electron chi connectivity index (χ3n) is 3.77. The first-order valence-electron chi connectivity index (χ1n) is 6.58. The average Bonchev–Trinajstić information content (AvgIpc) is 2.36. The van der Waals surface area contributed by atoms with E-state index < -0.39 is 5.63 Å². The van der Waals surface area contributed by atoms with E-state index in [1.165, 1.54) is 7.11 Å². The molecule has 0 spiro atoms. The van der Waals surface area contributed by atoms with Crippen LogP contribution in [-0.4, -0.2) is 12.9 Å². The van der Waals surface area contributed by atoms with Gasteiger partial charge in [0.15, 0.2) is 5.78 Å². The van der Waals surface area contributed by atoms with Gasteiger partial charge in [-0.2, -0.15) is 0 Å². The van der Waals surface area contributed by atoms with E-state index in [4.69, 9.17) is 9.15 Å². The number of Topliss-reactive ketones (excluding diaryl/α,β-unsaturated/α-hetero) is 1. The van der Waals surface area contributed by atoms with Crippen molar-refractivity contribution in [2.75, 3.05) is 7.11 Å². The minimum Gasteiger partial charge on any atom is -0.497 e. The zero-order chi connectivity index (χ0) is 14.5. The van der Waals surface area contributed by atoms with Crippen LogP contribution >= 0.6 is 0 Å². The molecule has 0 atom stereocenters. The number of benzene rings is 1. The van der Waals surface area contributed by atoms with Crippen LogP contribution in [0.2, 0.25) is 0 Å². The highest BCUT2D eigenvalue weighted by Gasteiger charge is 2.34. The molecule has 0 unspecified atom stereocenters. The highest BCUT2D eigenvalue weighted by molar-refractivity contribution is 6.09. The number of hydrogen-bond donors (Lipinski definition) is 0. The molecule has 0 aliphatic heterocycles. The average molecular weight is 272 g/mol. The summed E-state index contributed by atoms with van der Waals surface area (Å²) in [4.78, 5) is 24.5. The van der Waals surface area contributed by atoms with Crippen molar-refractivity contribution in [3.63, 3.8) is 0 Å². The fourth-order valence-electron chi connectivity index (χ4n) is 2.86. The topological polar surface area (TPSA) is 56.5 Å². The lowest BCUT2D eigenvalue weighted by Gasteiger charge is -2.29. The third kappa shape index (κ3) is 1.92. The minimum atomic E-state index is -0.414. The SMILES string of the molecule is COc1ccc2c3c(oc(=O)c2c1)CC(C)(C)CC3=O. The molecule has 0 saturated heterocycles. The van der Waals surface area contributed by atoms with E-state index in [0.717, 1.165) is 0 Å². The molecule has 3 rings (SSSR count). The summed E-state index contributed by atoms with van der Waals surface area (Å²) in [6.07, 6.45) is 1.07. The highest BCUT2D eigenvalue weighted by Crippen LogP contribution is 2.37. The standard InChI is InChI=1S/C16H16O4/c1-16(2)7-12(17)14-10-5-4-9(19-3)6-11(10)15(18)20-13(14)8-16/h4-6H,7-8H2,1-3H3. The van der Waals surface area contributed by atoms with E-state index in [1.807, 2.05) is 13.8 Å². The second-order valence-electron chi connectivity index (χ2n) is 6.04. The number of ether oxygens (including phenoxy) is 1. The van der Waals surface area contributed by atoms with E-state index in [1.54, 1.807) is 18.2 Å². The molecule has 2 aromatic rings.